The summed E-state index contributed by atoms with van der Waals surface area (Å²) in [6.45, 7) is 11.5. The van der Waals surface area contributed by atoms with Gasteiger partial charge in [-0.1, -0.05) is 83.9 Å². The average Bonchev–Trinajstić information content (AvgIpc) is 2.65. The van der Waals surface area contributed by atoms with Gasteiger partial charge in [0.25, 0.3) is 0 Å². The summed E-state index contributed by atoms with van der Waals surface area (Å²) in [5.74, 6) is 0. The molecule has 0 radical (unpaired) electrons. The summed E-state index contributed by atoms with van der Waals surface area (Å²) < 4.78 is 7.00. The van der Waals surface area contributed by atoms with Crippen molar-refractivity contribution in [3.8, 4) is 0 Å². The van der Waals surface area contributed by atoms with Crippen molar-refractivity contribution in [1.82, 2.24) is 0 Å². The minimum atomic E-state index is -1.65. The van der Waals surface area contributed by atoms with E-state index in [-0.39, 0.29) is 6.10 Å². The molecule has 1 aromatic rings. The highest BCUT2D eigenvalue weighted by Gasteiger charge is 2.33. The first kappa shape index (κ1) is 21.2. The molecule has 0 saturated carbocycles. The summed E-state index contributed by atoms with van der Waals surface area (Å²) in [5.41, 5.74) is 2.85. The second kappa shape index (κ2) is 11.6. The van der Waals surface area contributed by atoms with E-state index < -0.39 is 8.32 Å². The summed E-state index contributed by atoms with van der Waals surface area (Å²) in [5, 5.41) is 0. The molecule has 136 valence electrons. The van der Waals surface area contributed by atoms with E-state index >= 15 is 0 Å². The van der Waals surface area contributed by atoms with E-state index in [4.69, 9.17) is 4.43 Å². The molecule has 0 saturated heterocycles. The maximum absolute atomic E-state index is 7.00. The first-order valence-electron chi connectivity index (χ1n) is 10.1. The van der Waals surface area contributed by atoms with Crippen molar-refractivity contribution in [2.24, 2.45) is 0 Å². The van der Waals surface area contributed by atoms with Gasteiger partial charge in [0, 0.05) is 0 Å². The van der Waals surface area contributed by atoms with Crippen LogP contribution in [-0.4, -0.2) is 8.32 Å². The Morgan fingerprint density at radius 3 is 2.08 bits per heavy atom. The van der Waals surface area contributed by atoms with Gasteiger partial charge < -0.3 is 4.43 Å². The number of unbranched alkanes of at least 4 members (excludes halogenated alkanes) is 2. The van der Waals surface area contributed by atoms with E-state index in [0.717, 1.165) is 12.8 Å². The molecule has 0 aliphatic carbocycles. The SMILES string of the molecule is CCC/C=C(/CCCC)[C@@H](O[Si](CC)(CC)CC)c1ccccc1. The molecule has 0 aromatic heterocycles. The van der Waals surface area contributed by atoms with Crippen LogP contribution in [0.4, 0.5) is 0 Å². The number of benzene rings is 1. The van der Waals surface area contributed by atoms with Gasteiger partial charge in [-0.3, -0.25) is 0 Å². The molecule has 0 spiro atoms. The van der Waals surface area contributed by atoms with Crippen LogP contribution in [0, 0.1) is 0 Å². The van der Waals surface area contributed by atoms with Gasteiger partial charge in [0.05, 0.1) is 6.10 Å². The number of hydrogen-bond acceptors (Lipinski definition) is 1. The van der Waals surface area contributed by atoms with Crippen molar-refractivity contribution in [2.75, 3.05) is 0 Å². The summed E-state index contributed by atoms with van der Waals surface area (Å²) >= 11 is 0. The zero-order chi connectivity index (χ0) is 17.8. The molecule has 2 heteroatoms. The summed E-state index contributed by atoms with van der Waals surface area (Å²) in [4.78, 5) is 0. The number of hydrogen-bond donors (Lipinski definition) is 0. The molecular weight excluding hydrogens is 308 g/mol. The van der Waals surface area contributed by atoms with Crippen molar-refractivity contribution in [2.45, 2.75) is 91.0 Å². The number of rotatable bonds is 12. The standard InChI is InChI=1S/C22H38OSi/c1-6-11-16-20(17-12-7-2)22(21-18-14-13-15-19-21)23-24(8-3,9-4)10-5/h13-16,18-19,22H,6-12,17H2,1-5H3/b20-16-/t22-/m1/s1. The highest BCUT2D eigenvalue weighted by Crippen LogP contribution is 2.36. The van der Waals surface area contributed by atoms with Crippen LogP contribution in [0.15, 0.2) is 42.0 Å². The lowest BCUT2D eigenvalue weighted by Crippen LogP contribution is -2.37. The molecule has 0 unspecified atom stereocenters. The van der Waals surface area contributed by atoms with E-state index in [2.05, 4.69) is 71.0 Å². The van der Waals surface area contributed by atoms with E-state index in [1.165, 1.54) is 48.5 Å². The van der Waals surface area contributed by atoms with Gasteiger partial charge in [0.1, 0.15) is 0 Å². The molecule has 1 aromatic carbocycles. The lowest BCUT2D eigenvalue weighted by molar-refractivity contribution is 0.220. The Morgan fingerprint density at radius 2 is 1.58 bits per heavy atom. The molecule has 0 aliphatic rings. The third-order valence-corrected chi connectivity index (χ3v) is 9.86. The minimum Gasteiger partial charge on any atom is -0.406 e. The second-order valence-corrected chi connectivity index (χ2v) is 11.5. The van der Waals surface area contributed by atoms with Gasteiger partial charge in [0.2, 0.25) is 0 Å². The van der Waals surface area contributed by atoms with Gasteiger partial charge in [-0.15, -0.1) is 0 Å². The van der Waals surface area contributed by atoms with Crippen molar-refractivity contribution in [3.05, 3.63) is 47.5 Å². The zero-order valence-corrected chi connectivity index (χ0v) is 17.6. The number of allylic oxidation sites excluding steroid dienone is 1. The zero-order valence-electron chi connectivity index (χ0n) is 16.6. The molecule has 0 fully saturated rings. The van der Waals surface area contributed by atoms with E-state index in [1.54, 1.807) is 0 Å². The largest absolute Gasteiger partial charge is 0.406 e. The molecule has 1 nitrogen and oxygen atoms in total. The molecule has 0 amide bonds. The molecule has 0 aliphatic heterocycles. The molecular formula is C22H38OSi. The third-order valence-electron chi connectivity index (χ3n) is 5.25. The Balaban J connectivity index is 3.20. The maximum Gasteiger partial charge on any atom is 0.193 e. The third kappa shape index (κ3) is 6.21. The van der Waals surface area contributed by atoms with E-state index in [9.17, 15) is 0 Å². The van der Waals surface area contributed by atoms with E-state index in [1.807, 2.05) is 0 Å². The molecule has 24 heavy (non-hydrogen) atoms. The predicted molar refractivity (Wildman–Crippen MR) is 110 cm³/mol. The molecule has 0 N–H and O–H groups in total. The lowest BCUT2D eigenvalue weighted by atomic mass is 9.96. The van der Waals surface area contributed by atoms with Crippen molar-refractivity contribution < 1.29 is 4.43 Å². The maximum atomic E-state index is 7.00. The summed E-state index contributed by atoms with van der Waals surface area (Å²) in [7, 11) is -1.65. The van der Waals surface area contributed by atoms with Crippen molar-refractivity contribution in [1.29, 1.82) is 0 Å². The molecule has 0 bridgehead atoms. The van der Waals surface area contributed by atoms with Crippen LogP contribution in [0.2, 0.25) is 18.1 Å². The van der Waals surface area contributed by atoms with Gasteiger partial charge >= 0.3 is 0 Å². The highest BCUT2D eigenvalue weighted by molar-refractivity contribution is 6.73. The second-order valence-electron chi connectivity index (χ2n) is 6.82. The smallest absolute Gasteiger partial charge is 0.193 e. The minimum absolute atomic E-state index is 0.163. The Bertz CT molecular complexity index is 454. The molecule has 1 atom stereocenters. The highest BCUT2D eigenvalue weighted by atomic mass is 28.4. The first-order chi connectivity index (χ1) is 11.7. The predicted octanol–water partition coefficient (Wildman–Crippen LogP) is 7.67. The fourth-order valence-corrected chi connectivity index (χ4v) is 6.07. The fraction of sp³-hybridized carbons (Fsp3) is 0.636. The fourth-order valence-electron chi connectivity index (χ4n) is 3.29. The van der Waals surface area contributed by atoms with Crippen LogP contribution >= 0.6 is 0 Å². The summed E-state index contributed by atoms with van der Waals surface area (Å²) in [6.07, 6.45) is 8.64. The van der Waals surface area contributed by atoms with Gasteiger partial charge in [-0.2, -0.15) is 0 Å². The van der Waals surface area contributed by atoms with Crippen molar-refractivity contribution in [3.63, 3.8) is 0 Å². The van der Waals surface area contributed by atoms with Crippen LogP contribution in [-0.2, 0) is 4.43 Å². The normalized spacial score (nSPS) is 14.0. The molecule has 0 heterocycles. The monoisotopic (exact) mass is 346 g/mol. The van der Waals surface area contributed by atoms with Crippen LogP contribution in [0.3, 0.4) is 0 Å². The van der Waals surface area contributed by atoms with Crippen LogP contribution in [0.25, 0.3) is 0 Å². The topological polar surface area (TPSA) is 9.23 Å². The Labute approximate surface area is 151 Å². The molecule has 1 rings (SSSR count). The van der Waals surface area contributed by atoms with Crippen LogP contribution < -0.4 is 0 Å². The Kier molecular flexibility index (Phi) is 10.3. The van der Waals surface area contributed by atoms with Crippen LogP contribution in [0.1, 0.15) is 78.4 Å². The van der Waals surface area contributed by atoms with Crippen molar-refractivity contribution >= 4 is 8.32 Å². The van der Waals surface area contributed by atoms with Gasteiger partial charge in [0.15, 0.2) is 8.32 Å². The van der Waals surface area contributed by atoms with Crippen LogP contribution in [0.5, 0.6) is 0 Å². The quantitative estimate of drug-likeness (QED) is 0.279. The van der Waals surface area contributed by atoms with Gasteiger partial charge in [-0.05, 0) is 48.5 Å². The average molecular weight is 347 g/mol. The first-order valence-corrected chi connectivity index (χ1v) is 12.6. The summed E-state index contributed by atoms with van der Waals surface area (Å²) in [6, 6.07) is 14.5. The van der Waals surface area contributed by atoms with E-state index in [0.29, 0.717) is 0 Å². The Morgan fingerprint density at radius 1 is 0.958 bits per heavy atom. The lowest BCUT2D eigenvalue weighted by Gasteiger charge is -2.35. The van der Waals surface area contributed by atoms with Gasteiger partial charge in [-0.25, -0.2) is 0 Å². The Hall–Kier alpha value is -0.863.